The molecule has 9 heteroatoms. The molecule has 0 aliphatic rings. The van der Waals surface area contributed by atoms with E-state index in [1.807, 2.05) is 0 Å². The molecular formula is C16H16BrN3O4S. The van der Waals surface area contributed by atoms with Crippen molar-refractivity contribution in [2.45, 2.75) is 0 Å². The number of nitrogens with one attached hydrogen (secondary N) is 1. The second-order valence-corrected chi connectivity index (χ2v) is 7.92. The number of hydrogen-bond donors (Lipinski definition) is 2. The van der Waals surface area contributed by atoms with Crippen molar-refractivity contribution in [3.8, 4) is 5.75 Å². The molecule has 0 atom stereocenters. The number of benzene rings is 2. The topological polar surface area (TPSA) is 99.1 Å². The van der Waals surface area contributed by atoms with Crippen molar-refractivity contribution in [2.24, 2.45) is 5.10 Å². The molecule has 0 heterocycles. The summed E-state index contributed by atoms with van der Waals surface area (Å²) >= 11 is 3.27. The van der Waals surface area contributed by atoms with Gasteiger partial charge in [0.25, 0.3) is 5.91 Å². The molecule has 0 aliphatic carbocycles. The van der Waals surface area contributed by atoms with E-state index in [1.54, 1.807) is 42.5 Å². The van der Waals surface area contributed by atoms with Crippen molar-refractivity contribution in [3.05, 3.63) is 58.6 Å². The Labute approximate surface area is 154 Å². The van der Waals surface area contributed by atoms with Gasteiger partial charge >= 0.3 is 0 Å². The lowest BCUT2D eigenvalue weighted by molar-refractivity contribution is -0.119. The lowest BCUT2D eigenvalue weighted by Crippen LogP contribution is -2.39. The molecule has 1 amide bonds. The van der Waals surface area contributed by atoms with Gasteiger partial charge in [0.2, 0.25) is 10.0 Å². The van der Waals surface area contributed by atoms with Crippen LogP contribution < -0.4 is 9.73 Å². The summed E-state index contributed by atoms with van der Waals surface area (Å²) in [6, 6.07) is 13.1. The van der Waals surface area contributed by atoms with E-state index in [0.29, 0.717) is 15.7 Å². The fraction of sp³-hybridized carbons (Fsp3) is 0.125. The van der Waals surface area contributed by atoms with Gasteiger partial charge < -0.3 is 5.11 Å². The number of carbonyl (C=O) groups is 1. The highest BCUT2D eigenvalue weighted by molar-refractivity contribution is 9.10. The summed E-state index contributed by atoms with van der Waals surface area (Å²) in [7, 11) is -3.65. The van der Waals surface area contributed by atoms with Crippen LogP contribution in [-0.4, -0.2) is 38.4 Å². The SMILES string of the molecule is CS(=O)(=O)N(CC(=O)N/N=C\c1ccccc1O)c1cccc(Br)c1. The molecule has 0 unspecified atom stereocenters. The van der Waals surface area contributed by atoms with Crippen LogP contribution in [-0.2, 0) is 14.8 Å². The van der Waals surface area contributed by atoms with Crippen LogP contribution in [0, 0.1) is 0 Å². The number of hydrazone groups is 1. The molecule has 2 aromatic carbocycles. The molecule has 2 N–H and O–H groups in total. The number of sulfonamides is 1. The summed E-state index contributed by atoms with van der Waals surface area (Å²) in [5, 5.41) is 13.3. The van der Waals surface area contributed by atoms with Crippen molar-refractivity contribution < 1.29 is 18.3 Å². The molecule has 0 saturated heterocycles. The number of aromatic hydroxyl groups is 1. The second-order valence-electron chi connectivity index (χ2n) is 5.10. The normalized spacial score (nSPS) is 11.4. The minimum atomic E-state index is -3.65. The third-order valence-electron chi connectivity index (χ3n) is 3.11. The van der Waals surface area contributed by atoms with Gasteiger partial charge in [-0.25, -0.2) is 13.8 Å². The Kier molecular flexibility index (Phi) is 6.16. The first-order chi connectivity index (χ1) is 11.8. The van der Waals surface area contributed by atoms with E-state index in [4.69, 9.17) is 0 Å². The van der Waals surface area contributed by atoms with Gasteiger partial charge in [-0.1, -0.05) is 34.1 Å². The highest BCUT2D eigenvalue weighted by Gasteiger charge is 2.20. The van der Waals surface area contributed by atoms with Crippen LogP contribution in [0.2, 0.25) is 0 Å². The van der Waals surface area contributed by atoms with E-state index in [0.717, 1.165) is 10.6 Å². The summed E-state index contributed by atoms with van der Waals surface area (Å²) in [5.74, 6) is -0.593. The van der Waals surface area contributed by atoms with E-state index in [-0.39, 0.29) is 5.75 Å². The number of phenols is 1. The average Bonchev–Trinajstić information content (AvgIpc) is 2.53. The molecule has 0 spiro atoms. The minimum absolute atomic E-state index is 0.0207. The number of rotatable bonds is 6. The molecular weight excluding hydrogens is 410 g/mol. The summed E-state index contributed by atoms with van der Waals surface area (Å²) in [4.78, 5) is 12.0. The molecule has 0 saturated carbocycles. The largest absolute Gasteiger partial charge is 0.507 e. The number of halogens is 1. The van der Waals surface area contributed by atoms with Gasteiger partial charge in [0.05, 0.1) is 18.2 Å². The Bertz CT molecular complexity index is 900. The van der Waals surface area contributed by atoms with Gasteiger partial charge in [-0.15, -0.1) is 0 Å². The number of amides is 1. The number of carbonyl (C=O) groups excluding carboxylic acids is 1. The number of para-hydroxylation sites is 1. The standard InChI is InChI=1S/C16H16BrN3O4S/c1-25(23,24)20(14-7-4-6-13(17)9-14)11-16(22)19-18-10-12-5-2-3-8-15(12)21/h2-10,21H,11H2,1H3,(H,19,22)/b18-10-. The Hall–Kier alpha value is -2.39. The molecule has 0 radical (unpaired) electrons. The molecule has 0 fully saturated rings. The molecule has 0 bridgehead atoms. The maximum absolute atomic E-state index is 12.0. The van der Waals surface area contributed by atoms with Crippen LogP contribution in [0.4, 0.5) is 5.69 Å². The molecule has 7 nitrogen and oxygen atoms in total. The average molecular weight is 426 g/mol. The second kappa shape index (κ2) is 8.13. The van der Waals surface area contributed by atoms with Crippen LogP contribution in [0.25, 0.3) is 0 Å². The number of anilines is 1. The van der Waals surface area contributed by atoms with Crippen LogP contribution in [0.3, 0.4) is 0 Å². The van der Waals surface area contributed by atoms with Gasteiger partial charge in [0.15, 0.2) is 0 Å². The molecule has 0 aliphatic heterocycles. The molecule has 25 heavy (non-hydrogen) atoms. The van der Waals surface area contributed by atoms with Crippen LogP contribution in [0.5, 0.6) is 5.75 Å². The molecule has 132 valence electrons. The fourth-order valence-corrected chi connectivity index (χ4v) is 3.20. The van der Waals surface area contributed by atoms with E-state index < -0.39 is 22.5 Å². The van der Waals surface area contributed by atoms with Crippen LogP contribution in [0.1, 0.15) is 5.56 Å². The minimum Gasteiger partial charge on any atom is -0.507 e. The summed E-state index contributed by atoms with van der Waals surface area (Å²) in [5.41, 5.74) is 3.03. The third-order valence-corrected chi connectivity index (χ3v) is 4.75. The maximum Gasteiger partial charge on any atom is 0.260 e. The van der Waals surface area contributed by atoms with Crippen molar-refractivity contribution in [3.63, 3.8) is 0 Å². The predicted molar refractivity (Wildman–Crippen MR) is 100 cm³/mol. The van der Waals surface area contributed by atoms with E-state index in [9.17, 15) is 18.3 Å². The van der Waals surface area contributed by atoms with E-state index in [2.05, 4.69) is 26.5 Å². The van der Waals surface area contributed by atoms with Gasteiger partial charge in [0.1, 0.15) is 12.3 Å². The number of nitrogens with zero attached hydrogens (tertiary/aromatic N) is 2. The van der Waals surface area contributed by atoms with Gasteiger partial charge in [-0.2, -0.15) is 5.10 Å². The fourth-order valence-electron chi connectivity index (χ4n) is 1.97. The van der Waals surface area contributed by atoms with Crippen molar-refractivity contribution >= 4 is 43.8 Å². The monoisotopic (exact) mass is 425 g/mol. The Morgan fingerprint density at radius 1 is 1.28 bits per heavy atom. The van der Waals surface area contributed by atoms with Gasteiger partial charge in [0, 0.05) is 10.0 Å². The Balaban J connectivity index is 2.09. The van der Waals surface area contributed by atoms with Crippen molar-refractivity contribution in [1.82, 2.24) is 5.43 Å². The Morgan fingerprint density at radius 2 is 2.00 bits per heavy atom. The van der Waals surface area contributed by atoms with E-state index in [1.165, 1.54) is 12.3 Å². The number of phenolic OH excluding ortho intramolecular Hbond substituents is 1. The van der Waals surface area contributed by atoms with Crippen LogP contribution >= 0.6 is 15.9 Å². The summed E-state index contributed by atoms with van der Waals surface area (Å²) < 4.78 is 25.6. The predicted octanol–water partition coefficient (Wildman–Crippen LogP) is 2.07. The van der Waals surface area contributed by atoms with Crippen molar-refractivity contribution in [2.75, 3.05) is 17.1 Å². The summed E-state index contributed by atoms with van der Waals surface area (Å²) in [6.45, 7) is -0.423. The van der Waals surface area contributed by atoms with E-state index >= 15 is 0 Å². The molecule has 2 rings (SSSR count). The van der Waals surface area contributed by atoms with Gasteiger partial charge in [-0.3, -0.25) is 9.10 Å². The highest BCUT2D eigenvalue weighted by atomic mass is 79.9. The lowest BCUT2D eigenvalue weighted by Gasteiger charge is -2.21. The first kappa shape index (κ1) is 18.9. The zero-order chi connectivity index (χ0) is 18.4. The first-order valence-electron chi connectivity index (χ1n) is 7.10. The third kappa shape index (κ3) is 5.57. The Morgan fingerprint density at radius 3 is 2.64 bits per heavy atom. The number of hydrogen-bond acceptors (Lipinski definition) is 5. The zero-order valence-electron chi connectivity index (χ0n) is 13.3. The lowest BCUT2D eigenvalue weighted by atomic mass is 10.2. The summed E-state index contributed by atoms with van der Waals surface area (Å²) in [6.07, 6.45) is 2.30. The molecule has 2 aromatic rings. The quantitative estimate of drug-likeness (QED) is 0.546. The highest BCUT2D eigenvalue weighted by Crippen LogP contribution is 2.21. The van der Waals surface area contributed by atoms with Crippen molar-refractivity contribution in [1.29, 1.82) is 0 Å². The van der Waals surface area contributed by atoms with Gasteiger partial charge in [-0.05, 0) is 30.3 Å². The smallest absolute Gasteiger partial charge is 0.260 e. The van der Waals surface area contributed by atoms with Crippen LogP contribution in [0.15, 0.2) is 58.1 Å². The first-order valence-corrected chi connectivity index (χ1v) is 9.74. The maximum atomic E-state index is 12.0. The molecule has 0 aromatic heterocycles. The zero-order valence-corrected chi connectivity index (χ0v) is 15.7.